The van der Waals surface area contributed by atoms with E-state index >= 15 is 17.6 Å². The Bertz CT molecular complexity index is 8250. The van der Waals surface area contributed by atoms with Crippen LogP contribution in [0.3, 0.4) is 0 Å². The van der Waals surface area contributed by atoms with E-state index in [0.717, 1.165) is 41.1 Å². The molecule has 17 aromatic rings. The third-order valence-electron chi connectivity index (χ3n) is 18.6. The molecule has 0 aliphatic carbocycles. The molecule has 17 rings (SSSR count). The Morgan fingerprint density at radius 1 is 0.234 bits per heavy atom. The van der Waals surface area contributed by atoms with Crippen LogP contribution in [-0.4, -0.2) is 117 Å². The molecule has 42 heteroatoms. The number of benzene rings is 11. The summed E-state index contributed by atoms with van der Waals surface area (Å²) in [6, 6.07) is 19.5. The van der Waals surface area contributed by atoms with Gasteiger partial charge in [0, 0.05) is 0 Å². The van der Waals surface area contributed by atoms with E-state index in [9.17, 15) is 61.5 Å². The molecule has 0 fully saturated rings. The maximum atomic E-state index is 15.1. The Morgan fingerprint density at radius 2 is 0.476 bits per heavy atom. The van der Waals surface area contributed by atoms with Crippen LogP contribution in [0, 0.1) is 114 Å². The molecule has 18 nitrogen and oxygen atoms in total. The van der Waals surface area contributed by atoms with Gasteiger partial charge in [-0.15, -0.1) is 0 Å². The van der Waals surface area contributed by atoms with Crippen LogP contribution in [-0.2, 0) is 24.7 Å². The van der Waals surface area contributed by atoms with E-state index < -0.39 is 215 Å². The van der Waals surface area contributed by atoms with Gasteiger partial charge in [-0.2, -0.15) is 0 Å². The van der Waals surface area contributed by atoms with Gasteiger partial charge in [-0.1, -0.05) is 0 Å². The van der Waals surface area contributed by atoms with Crippen LogP contribution < -0.4 is 25.3 Å². The Morgan fingerprint density at radius 3 is 0.758 bits per heavy atom. The fourth-order valence-corrected chi connectivity index (χ4v) is 25.6. The van der Waals surface area contributed by atoms with Crippen LogP contribution in [0.25, 0.3) is 239 Å². The van der Waals surface area contributed by atoms with Crippen molar-refractivity contribution in [1.29, 1.82) is 0 Å². The van der Waals surface area contributed by atoms with Gasteiger partial charge < -0.3 is 0 Å². The van der Waals surface area contributed by atoms with Crippen molar-refractivity contribution in [2.24, 2.45) is 0 Å². The van der Waals surface area contributed by atoms with Gasteiger partial charge in [0.1, 0.15) is 0 Å². The molecule has 0 amide bonds. The number of alkyl halides is 12. The van der Waals surface area contributed by atoms with Crippen molar-refractivity contribution in [2.45, 2.75) is 24.7 Å². The Balaban J connectivity index is 0.000000154. The first-order valence-corrected chi connectivity index (χ1v) is 43.5. The summed E-state index contributed by atoms with van der Waals surface area (Å²) in [6.45, 7) is 87.4. The van der Waals surface area contributed by atoms with Crippen LogP contribution in [0.2, 0.25) is 0 Å². The summed E-state index contributed by atoms with van der Waals surface area (Å²) in [6.07, 6.45) is -20.9. The van der Waals surface area contributed by atoms with Crippen molar-refractivity contribution in [3.05, 3.63) is 317 Å². The summed E-state index contributed by atoms with van der Waals surface area (Å²) in [7, 11) is 0. The first-order valence-electron chi connectivity index (χ1n) is 33.2. The summed E-state index contributed by atoms with van der Waals surface area (Å²) in [5.74, 6) is -12.9. The zero-order valence-corrected chi connectivity index (χ0v) is 69.8. The molecule has 0 bridgehead atoms. The number of rotatable bonds is 2. The van der Waals surface area contributed by atoms with Crippen molar-refractivity contribution in [3.63, 3.8) is 0 Å². The van der Waals surface area contributed by atoms with Gasteiger partial charge >= 0.3 is 718 Å². The fourth-order valence-electron chi connectivity index (χ4n) is 13.5. The van der Waals surface area contributed by atoms with E-state index in [-0.39, 0.29) is 122 Å². The molecular weight excluding hydrogens is 2050 g/mol. The summed E-state index contributed by atoms with van der Waals surface area (Å²) in [5.41, 5.74) is -7.78. The monoisotopic (exact) mass is 2070 g/mol. The van der Waals surface area contributed by atoms with Gasteiger partial charge in [-0.3, -0.25) is 0 Å². The zero-order chi connectivity index (χ0) is 89.2. The molecule has 0 spiro atoms. The van der Waals surface area contributed by atoms with Crippen molar-refractivity contribution >= 4 is 245 Å². The third kappa shape index (κ3) is 14.1. The molecule has 0 saturated carbocycles. The van der Waals surface area contributed by atoms with Crippen LogP contribution in [0.15, 0.2) is 97.1 Å². The Hall–Kier alpha value is -14.0. The van der Waals surface area contributed by atoms with E-state index in [1.807, 2.05) is 36.4 Å². The van der Waals surface area contributed by atoms with Gasteiger partial charge in [0.2, 0.25) is 0 Å². The molecule has 0 unspecified atom stereocenters. The number of nitrogens with zero attached hydrogens (tertiary/aromatic N) is 18. The molecule has 6 heterocycles. The minimum absolute atomic E-state index is 0.0137. The topological polar surface area (TPSA) is 130 Å². The van der Waals surface area contributed by atoms with Crippen LogP contribution >= 0.6 is 0 Å². The molecule has 0 atom stereocenters. The van der Waals surface area contributed by atoms with E-state index in [4.69, 9.17) is 88.8 Å². The fraction of sp³-hybridized carbons (Fsp3) is 0.0488. The normalized spacial score (nSPS) is 11.5. The van der Waals surface area contributed by atoms with Crippen LogP contribution in [0.4, 0.5) is 79.0 Å². The van der Waals surface area contributed by atoms with Crippen molar-refractivity contribution in [2.75, 3.05) is 0 Å². The molecule has 0 aliphatic rings. The van der Waals surface area contributed by atoms with Crippen molar-refractivity contribution in [3.8, 4) is 22.3 Å². The van der Waals surface area contributed by atoms with E-state index in [2.05, 4.69) is 78.1 Å². The first kappa shape index (κ1) is 85.0. The van der Waals surface area contributed by atoms with Crippen molar-refractivity contribution in [1.82, 2.24) is 29.9 Å². The Kier molecular flexibility index (Phi) is 21.8. The molecule has 124 heavy (non-hydrogen) atoms. The van der Waals surface area contributed by atoms with Crippen LogP contribution in [0.1, 0.15) is 22.3 Å². The predicted octanol–water partition coefficient (Wildman–Crippen LogP) is 17.3. The SMILES string of the molecule is [C-]#[N+]C([N+]#[C-])=c1nc2c([se]1)c(-c1ccc(C(F)(F)F)cc1C(F)(F)F)cc1ccc3cc(-c4ccc(C(F)(F)F)cc4C(F)(F)F)c4[se]c(=C([N+]#[C-])[N+]#[C-])nc4c3c12.[C-]#[N+]C([N+]#[C-])=c1nc2c([se]1)c(F)c(F)c1c(F)c(F)c3c(F)c(F)c4[se]c(=C([N+]#[C-])[N+]#[C-])nc4c3c12.[C-]#[N+]C([N+]#[C-])=c1nc2c(ccc3ccc4ccc5[se]c(=C([N+]#[C-])[N+]#[C-])nc5c4c32)[se]1. The molecule has 0 aliphatic heterocycles. The maximum absolute atomic E-state index is 15.1. The third-order valence-corrected chi connectivity index (χ3v) is 31.8. The predicted molar refractivity (Wildman–Crippen MR) is 426 cm³/mol. The molecular formula is C82H16F18N18Se6. The average Bonchev–Trinajstić information content (AvgIpc) is 1.42. The van der Waals surface area contributed by atoms with Gasteiger partial charge in [-0.05, 0) is 0 Å². The standard InChI is InChI=1S/C38H10F12N6Se2.C22F6N6Se2.C22H6N6Se2/c1-51-31(52-2)33-55-27-25-15(11-21(29(27)57-33)19-9-7-17(35(39,40)41)13-23(19)37(45,46)47)5-6-16-12-22(30-28(26(16)25)56-34(58-30)32(53-3)54-4)20-10-8-18(36(42,43)44)14-24(20)38(48,49)50;1-29-19(30-2)21-33-15-5-6-8(10(24)9(23)7(5)11(25)13(27)17(15)35-21)12(26)14(28)18-16(6)34-22(36-18)20(31-3)32-4;1-23-19(24-2)21-27-17-13(29-21)9-7-11-5-6-12-8-10-14-18(16(12)15(11)17)28-22(30-14)20(25-3)26-4/h5-14H;;5-10H. The van der Waals surface area contributed by atoms with Gasteiger partial charge in [0.15, 0.2) is 0 Å². The summed E-state index contributed by atoms with van der Waals surface area (Å²) in [4.78, 5) is 64.5. The van der Waals surface area contributed by atoms with Crippen molar-refractivity contribution < 1.29 is 79.0 Å². The Labute approximate surface area is 712 Å². The van der Waals surface area contributed by atoms with E-state index in [0.29, 0.717) is 32.7 Å². The second-order valence-electron chi connectivity index (χ2n) is 25.2. The molecule has 596 valence electrons. The first-order chi connectivity index (χ1) is 59.0. The second-order valence-corrected chi connectivity index (χ2v) is 37.9. The zero-order valence-electron chi connectivity index (χ0n) is 59.5. The van der Waals surface area contributed by atoms with Gasteiger partial charge in [-0.25, -0.2) is 0 Å². The molecule has 0 saturated heterocycles. The minimum atomic E-state index is -5.31. The van der Waals surface area contributed by atoms with Gasteiger partial charge in [0.25, 0.3) is 0 Å². The number of fused-ring (bicyclic) bond motifs is 21. The second kappa shape index (κ2) is 31.8. The van der Waals surface area contributed by atoms with E-state index in [1.165, 1.54) is 24.3 Å². The summed E-state index contributed by atoms with van der Waals surface area (Å²) < 4.78 is 261. The summed E-state index contributed by atoms with van der Waals surface area (Å²) >= 11 is -5.27. The van der Waals surface area contributed by atoms with E-state index in [1.54, 1.807) is 0 Å². The van der Waals surface area contributed by atoms with Gasteiger partial charge in [0.05, 0.1) is 0 Å². The van der Waals surface area contributed by atoms with Crippen LogP contribution in [0.5, 0.6) is 0 Å². The molecule has 6 aromatic heterocycles. The average molecular weight is 2070 g/mol. The molecule has 0 radical (unpaired) electrons. The quantitative estimate of drug-likeness (QED) is 0.0733. The summed E-state index contributed by atoms with van der Waals surface area (Å²) in [5, 5.41) is 0.639. The molecule has 0 N–H and O–H groups in total. The number of halogens is 18. The number of hydrogen-bond acceptors (Lipinski definition) is 6. The number of hydrogen-bond donors (Lipinski definition) is 0. The number of aromatic nitrogens is 6. The molecule has 11 aromatic carbocycles.